The third kappa shape index (κ3) is 2.45. The summed E-state index contributed by atoms with van der Waals surface area (Å²) >= 11 is 0. The first-order chi connectivity index (χ1) is 10.5. The molecule has 0 radical (unpaired) electrons. The highest BCUT2D eigenvalue weighted by molar-refractivity contribution is 5.59. The smallest absolute Gasteiger partial charge is 0.0467 e. The van der Waals surface area contributed by atoms with Crippen LogP contribution in [0, 0.1) is 6.92 Å². The molecule has 1 aliphatic carbocycles. The highest BCUT2D eigenvalue weighted by Crippen LogP contribution is 2.19. The van der Waals surface area contributed by atoms with E-state index in [9.17, 15) is 0 Å². The number of nitrogens with zero attached hydrogens (tertiary/aromatic N) is 1. The van der Waals surface area contributed by atoms with E-state index >= 15 is 0 Å². The fourth-order valence-corrected chi connectivity index (χ4v) is 3.52. The van der Waals surface area contributed by atoms with Crippen molar-refractivity contribution < 1.29 is 0 Å². The summed E-state index contributed by atoms with van der Waals surface area (Å²) in [6.07, 6.45) is 7.09. The van der Waals surface area contributed by atoms with Crippen molar-refractivity contribution >= 4 is 19.2 Å². The zero-order valence-corrected chi connectivity index (χ0v) is 14.0. The number of aromatic nitrogens is 1. The fourth-order valence-electron chi connectivity index (χ4n) is 3.52. The zero-order chi connectivity index (χ0) is 15.9. The summed E-state index contributed by atoms with van der Waals surface area (Å²) in [5.41, 5.74) is 7.95. The second kappa shape index (κ2) is 5.64. The van der Waals surface area contributed by atoms with Gasteiger partial charge in [-0.05, 0) is 80.8 Å². The second-order valence-corrected chi connectivity index (χ2v) is 6.66. The van der Waals surface area contributed by atoms with E-state index in [1.807, 2.05) is 0 Å². The van der Waals surface area contributed by atoms with Crippen LogP contribution in [0.25, 0.3) is 24.9 Å². The Hall–Kier alpha value is -2.02. The van der Waals surface area contributed by atoms with Crippen molar-refractivity contribution in [3.8, 4) is 5.69 Å². The second-order valence-electron chi connectivity index (χ2n) is 6.66. The minimum atomic E-state index is 1.13. The van der Waals surface area contributed by atoms with Gasteiger partial charge in [0.15, 0.2) is 0 Å². The average molecular weight is 291 g/mol. The highest BCUT2D eigenvalue weighted by atomic mass is 15.0. The molecule has 0 saturated carbocycles. The Morgan fingerprint density at radius 2 is 1.64 bits per heavy atom. The van der Waals surface area contributed by atoms with Crippen molar-refractivity contribution in [2.24, 2.45) is 0 Å². The van der Waals surface area contributed by atoms with E-state index in [-0.39, 0.29) is 0 Å². The first kappa shape index (κ1) is 14.9. The molecule has 0 N–H and O–H groups in total. The number of hydrogen-bond donors (Lipinski definition) is 0. The first-order valence-corrected chi connectivity index (χ1v) is 8.15. The Bertz CT molecular complexity index is 808. The van der Waals surface area contributed by atoms with Crippen LogP contribution < -0.4 is 10.7 Å². The lowest BCUT2D eigenvalue weighted by atomic mass is 9.95. The summed E-state index contributed by atoms with van der Waals surface area (Å²) < 4.78 is 2.25. The maximum Gasteiger partial charge on any atom is 0.0467 e. The zero-order valence-electron chi connectivity index (χ0n) is 14.0. The highest BCUT2D eigenvalue weighted by Gasteiger charge is 2.16. The molecular formula is C21H25N. The molecule has 1 aliphatic rings. The Balaban J connectivity index is 2.21. The van der Waals surface area contributed by atoms with Gasteiger partial charge in [-0.25, -0.2) is 0 Å². The van der Waals surface area contributed by atoms with Crippen LogP contribution >= 0.6 is 0 Å². The molecule has 0 saturated heterocycles. The van der Waals surface area contributed by atoms with Crippen LogP contribution in [0.15, 0.2) is 23.8 Å². The van der Waals surface area contributed by atoms with E-state index in [0.29, 0.717) is 0 Å². The molecule has 3 rings (SSSR count). The lowest BCUT2D eigenvalue weighted by molar-refractivity contribution is 0.686. The largest absolute Gasteiger partial charge is 0.311 e. The van der Waals surface area contributed by atoms with Crippen molar-refractivity contribution in [1.82, 2.24) is 4.57 Å². The van der Waals surface area contributed by atoms with Crippen molar-refractivity contribution in [2.75, 3.05) is 0 Å². The minimum Gasteiger partial charge on any atom is -0.311 e. The molecule has 0 unspecified atom stereocenters. The molecule has 1 nitrogen and oxygen atoms in total. The van der Waals surface area contributed by atoms with Crippen molar-refractivity contribution in [1.29, 1.82) is 0 Å². The molecule has 0 bridgehead atoms. The van der Waals surface area contributed by atoms with Crippen LogP contribution in [0.1, 0.15) is 48.9 Å². The molecule has 0 amide bonds. The van der Waals surface area contributed by atoms with Gasteiger partial charge in [0.1, 0.15) is 0 Å². The van der Waals surface area contributed by atoms with Gasteiger partial charge in [-0.2, -0.15) is 0 Å². The summed E-state index contributed by atoms with van der Waals surface area (Å²) in [4.78, 5) is 0. The van der Waals surface area contributed by atoms with E-state index in [1.165, 1.54) is 46.4 Å². The van der Waals surface area contributed by atoms with Crippen LogP contribution in [0.5, 0.6) is 0 Å². The summed E-state index contributed by atoms with van der Waals surface area (Å²) in [5, 5.41) is 2.26. The van der Waals surface area contributed by atoms with Crippen LogP contribution in [0.2, 0.25) is 0 Å². The van der Waals surface area contributed by atoms with E-state index in [2.05, 4.69) is 62.8 Å². The van der Waals surface area contributed by atoms with Crippen molar-refractivity contribution in [2.45, 2.75) is 46.5 Å². The molecule has 1 aromatic carbocycles. The molecular weight excluding hydrogens is 266 g/mol. The fraction of sp³-hybridized carbons (Fsp3) is 0.333. The van der Waals surface area contributed by atoms with E-state index in [1.54, 1.807) is 0 Å². The van der Waals surface area contributed by atoms with Gasteiger partial charge in [-0.3, -0.25) is 0 Å². The normalized spacial score (nSPS) is 13.8. The van der Waals surface area contributed by atoms with Crippen LogP contribution in [-0.4, -0.2) is 4.57 Å². The maximum absolute atomic E-state index is 4.35. The lowest BCUT2D eigenvalue weighted by Crippen LogP contribution is -2.24. The molecule has 0 fully saturated rings. The van der Waals surface area contributed by atoms with Crippen molar-refractivity contribution in [3.05, 3.63) is 56.7 Å². The average Bonchev–Trinajstić information content (AvgIpc) is 2.74. The topological polar surface area (TPSA) is 4.93 Å². The molecule has 0 atom stereocenters. The molecule has 22 heavy (non-hydrogen) atoms. The SMILES string of the molecule is C=c1c2c(c(=C)n1-c1ccc(C)c(C=C(C)C)c1)CCCC2. The number of hydrogen-bond acceptors (Lipinski definition) is 0. The van der Waals surface area contributed by atoms with Crippen LogP contribution in [-0.2, 0) is 12.8 Å². The van der Waals surface area contributed by atoms with E-state index in [0.717, 1.165) is 23.5 Å². The van der Waals surface area contributed by atoms with Gasteiger partial charge in [0, 0.05) is 16.4 Å². The number of allylic oxidation sites excluding steroid dienone is 1. The van der Waals surface area contributed by atoms with Crippen LogP contribution in [0.4, 0.5) is 0 Å². The molecule has 1 heteroatoms. The molecule has 0 aliphatic heterocycles. The number of fused-ring (bicyclic) bond motifs is 1. The predicted molar refractivity (Wildman–Crippen MR) is 96.8 cm³/mol. The molecule has 1 aromatic heterocycles. The van der Waals surface area contributed by atoms with Gasteiger partial charge < -0.3 is 4.57 Å². The number of rotatable bonds is 2. The minimum absolute atomic E-state index is 1.13. The Kier molecular flexibility index (Phi) is 3.82. The summed E-state index contributed by atoms with van der Waals surface area (Å²) in [6, 6.07) is 6.64. The van der Waals surface area contributed by atoms with Crippen molar-refractivity contribution in [3.63, 3.8) is 0 Å². The lowest BCUT2D eigenvalue weighted by Gasteiger charge is -2.09. The van der Waals surface area contributed by atoms with E-state index in [4.69, 9.17) is 0 Å². The van der Waals surface area contributed by atoms with Gasteiger partial charge in [-0.15, -0.1) is 0 Å². The third-order valence-electron chi connectivity index (χ3n) is 4.67. The monoisotopic (exact) mass is 291 g/mol. The van der Waals surface area contributed by atoms with Gasteiger partial charge >= 0.3 is 0 Å². The summed E-state index contributed by atoms with van der Waals surface area (Å²) in [6.45, 7) is 15.1. The van der Waals surface area contributed by atoms with Gasteiger partial charge in [0.25, 0.3) is 0 Å². The van der Waals surface area contributed by atoms with Gasteiger partial charge in [-0.1, -0.05) is 30.9 Å². The standard InChI is InChI=1S/C21H25N/c1-14(2)12-18-13-19(11-10-15(18)3)22-16(4)20-8-6-7-9-21(20)17(22)5/h10-13H,4-9H2,1-3H3. The summed E-state index contributed by atoms with van der Waals surface area (Å²) in [7, 11) is 0. The molecule has 114 valence electrons. The maximum atomic E-state index is 4.35. The van der Waals surface area contributed by atoms with Gasteiger partial charge in [0.2, 0.25) is 0 Å². The first-order valence-electron chi connectivity index (χ1n) is 8.15. The molecule has 0 spiro atoms. The summed E-state index contributed by atoms with van der Waals surface area (Å²) in [5.74, 6) is 0. The number of benzene rings is 1. The molecule has 1 heterocycles. The van der Waals surface area contributed by atoms with E-state index < -0.39 is 0 Å². The number of aryl methyl sites for hydroxylation is 1. The Morgan fingerprint density at radius 3 is 2.18 bits per heavy atom. The Morgan fingerprint density at radius 1 is 1.05 bits per heavy atom. The Labute approximate surface area is 133 Å². The van der Waals surface area contributed by atoms with Crippen LogP contribution in [0.3, 0.4) is 0 Å². The van der Waals surface area contributed by atoms with Gasteiger partial charge in [0.05, 0.1) is 0 Å². The predicted octanol–water partition coefficient (Wildman–Crippen LogP) is 3.91. The quantitative estimate of drug-likeness (QED) is 0.790. The third-order valence-corrected chi connectivity index (χ3v) is 4.67. The molecule has 2 aromatic rings.